The highest BCUT2D eigenvalue weighted by atomic mass is 35.5. The van der Waals surface area contributed by atoms with E-state index in [0.717, 1.165) is 18.3 Å². The van der Waals surface area contributed by atoms with Crippen LogP contribution in [0.3, 0.4) is 0 Å². The molecule has 0 N–H and O–H groups in total. The van der Waals surface area contributed by atoms with Crippen molar-refractivity contribution in [2.24, 2.45) is 0 Å². The third-order valence-corrected chi connectivity index (χ3v) is 3.74. The molecular formula is C17H8Cl2F2N2O2. The first-order valence-corrected chi connectivity index (χ1v) is 7.66. The number of rotatable bonds is 4. The smallest absolute Gasteiger partial charge is 0.239 e. The van der Waals surface area contributed by atoms with Gasteiger partial charge in [-0.1, -0.05) is 35.3 Å². The molecule has 25 heavy (non-hydrogen) atoms. The maximum absolute atomic E-state index is 13.6. The van der Waals surface area contributed by atoms with Gasteiger partial charge in [0.25, 0.3) is 0 Å². The van der Waals surface area contributed by atoms with E-state index < -0.39 is 17.4 Å². The summed E-state index contributed by atoms with van der Waals surface area (Å²) in [4.78, 5) is 20.2. The molecular weight excluding hydrogens is 373 g/mol. The monoisotopic (exact) mass is 380 g/mol. The summed E-state index contributed by atoms with van der Waals surface area (Å²) in [5, 5.41) is 0.0176. The summed E-state index contributed by atoms with van der Waals surface area (Å²) in [5.74, 6) is -2.56. The quantitative estimate of drug-likeness (QED) is 0.591. The fraction of sp³-hybridized carbons (Fsp3) is 0. The molecule has 4 nitrogen and oxygen atoms in total. The largest absolute Gasteiger partial charge is 0.434 e. The van der Waals surface area contributed by atoms with Crippen LogP contribution in [-0.4, -0.2) is 15.8 Å². The molecule has 0 aliphatic rings. The van der Waals surface area contributed by atoms with Gasteiger partial charge in [-0.15, -0.1) is 0 Å². The molecule has 8 heteroatoms. The predicted molar refractivity (Wildman–Crippen MR) is 88.4 cm³/mol. The van der Waals surface area contributed by atoms with Crippen LogP contribution in [0.5, 0.6) is 11.6 Å². The third-order valence-electron chi connectivity index (χ3n) is 3.15. The minimum atomic E-state index is -0.908. The second-order valence-corrected chi connectivity index (χ2v) is 5.60. The number of carbonyl (C=O) groups excluding carboxylic acids is 1. The number of ketones is 1. The Bertz CT molecular complexity index is 967. The van der Waals surface area contributed by atoms with Gasteiger partial charge < -0.3 is 4.74 Å². The lowest BCUT2D eigenvalue weighted by Crippen LogP contribution is -2.07. The number of hydrogen-bond acceptors (Lipinski definition) is 4. The number of halogens is 4. The first-order chi connectivity index (χ1) is 12.0. The second kappa shape index (κ2) is 7.13. The summed E-state index contributed by atoms with van der Waals surface area (Å²) in [5.41, 5.74) is 0.0975. The number of aromatic nitrogens is 2. The van der Waals surface area contributed by atoms with E-state index in [4.69, 9.17) is 27.9 Å². The van der Waals surface area contributed by atoms with Gasteiger partial charge >= 0.3 is 0 Å². The molecule has 0 spiro atoms. The lowest BCUT2D eigenvalue weighted by Gasteiger charge is -2.08. The third kappa shape index (κ3) is 3.75. The summed E-state index contributed by atoms with van der Waals surface area (Å²) in [6, 6.07) is 9.22. The Labute approximate surface area is 151 Å². The first-order valence-electron chi connectivity index (χ1n) is 6.90. The number of nitrogens with zero attached hydrogens (tertiary/aromatic N) is 2. The summed E-state index contributed by atoms with van der Waals surface area (Å²) in [7, 11) is 0. The van der Waals surface area contributed by atoms with Crippen molar-refractivity contribution >= 4 is 29.0 Å². The SMILES string of the molecule is O=C(c1ccccc1Cl)c1ncc(Oc2ccc(F)cc2F)nc1Cl. The molecule has 1 aromatic heterocycles. The van der Waals surface area contributed by atoms with Crippen molar-refractivity contribution in [1.29, 1.82) is 0 Å². The molecule has 0 saturated carbocycles. The molecule has 126 valence electrons. The van der Waals surface area contributed by atoms with Gasteiger partial charge in [0.1, 0.15) is 11.5 Å². The van der Waals surface area contributed by atoms with E-state index in [2.05, 4.69) is 9.97 Å². The van der Waals surface area contributed by atoms with Crippen molar-refractivity contribution < 1.29 is 18.3 Å². The standard InChI is InChI=1S/C17H8Cl2F2N2O2/c18-11-4-2-1-3-10(11)16(24)15-17(19)23-14(8-22-15)25-13-6-5-9(20)7-12(13)21/h1-8H. The summed E-state index contributed by atoms with van der Waals surface area (Å²) in [6.45, 7) is 0. The molecule has 3 rings (SSSR count). The zero-order chi connectivity index (χ0) is 18.0. The Hall–Kier alpha value is -2.57. The van der Waals surface area contributed by atoms with Crippen molar-refractivity contribution in [3.05, 3.63) is 81.7 Å². The minimum Gasteiger partial charge on any atom is -0.434 e. The van der Waals surface area contributed by atoms with Crippen molar-refractivity contribution in [3.8, 4) is 11.6 Å². The van der Waals surface area contributed by atoms with Gasteiger partial charge in [-0.2, -0.15) is 4.98 Å². The van der Waals surface area contributed by atoms with Crippen molar-refractivity contribution in [2.45, 2.75) is 0 Å². The Morgan fingerprint density at radius 2 is 1.84 bits per heavy atom. The molecule has 0 aliphatic heterocycles. The highest BCUT2D eigenvalue weighted by Crippen LogP contribution is 2.26. The summed E-state index contributed by atoms with van der Waals surface area (Å²) < 4.78 is 31.7. The number of ether oxygens (including phenoxy) is 1. The van der Waals surface area contributed by atoms with E-state index in [0.29, 0.717) is 6.07 Å². The lowest BCUT2D eigenvalue weighted by molar-refractivity contribution is 0.103. The van der Waals surface area contributed by atoms with Gasteiger partial charge in [0.2, 0.25) is 11.7 Å². The molecule has 0 amide bonds. The van der Waals surface area contributed by atoms with E-state index in [1.165, 1.54) is 6.07 Å². The average Bonchev–Trinajstić information content (AvgIpc) is 2.57. The zero-order valence-corrected chi connectivity index (χ0v) is 13.9. The maximum Gasteiger partial charge on any atom is 0.239 e. The first kappa shape index (κ1) is 17.3. The van der Waals surface area contributed by atoms with Crippen LogP contribution in [0, 0.1) is 11.6 Å². The van der Waals surface area contributed by atoms with Crippen molar-refractivity contribution in [3.63, 3.8) is 0 Å². The van der Waals surface area contributed by atoms with Crippen LogP contribution < -0.4 is 4.74 Å². The van der Waals surface area contributed by atoms with Crippen LogP contribution >= 0.6 is 23.2 Å². The van der Waals surface area contributed by atoms with Crippen molar-refractivity contribution in [1.82, 2.24) is 9.97 Å². The molecule has 2 aromatic carbocycles. The Morgan fingerprint density at radius 1 is 1.08 bits per heavy atom. The summed E-state index contributed by atoms with van der Waals surface area (Å²) >= 11 is 12.0. The zero-order valence-electron chi connectivity index (χ0n) is 12.3. The van der Waals surface area contributed by atoms with E-state index in [9.17, 15) is 13.6 Å². The highest BCUT2D eigenvalue weighted by Gasteiger charge is 2.19. The van der Waals surface area contributed by atoms with Crippen LogP contribution in [0.25, 0.3) is 0 Å². The normalized spacial score (nSPS) is 10.6. The maximum atomic E-state index is 13.6. The Balaban J connectivity index is 1.88. The average molecular weight is 381 g/mol. The molecule has 0 atom stereocenters. The fourth-order valence-corrected chi connectivity index (χ4v) is 2.44. The molecule has 0 bridgehead atoms. The number of hydrogen-bond donors (Lipinski definition) is 0. The topological polar surface area (TPSA) is 52.1 Å². The molecule has 0 radical (unpaired) electrons. The van der Waals surface area contributed by atoms with E-state index in [-0.39, 0.29) is 33.1 Å². The van der Waals surface area contributed by atoms with E-state index in [1.807, 2.05) is 0 Å². The number of benzene rings is 2. The van der Waals surface area contributed by atoms with Gasteiger partial charge in [0, 0.05) is 11.6 Å². The van der Waals surface area contributed by atoms with Crippen LogP contribution in [0.4, 0.5) is 8.78 Å². The van der Waals surface area contributed by atoms with Gasteiger partial charge in [0.05, 0.1) is 11.2 Å². The Morgan fingerprint density at radius 3 is 2.52 bits per heavy atom. The highest BCUT2D eigenvalue weighted by molar-refractivity contribution is 6.37. The van der Waals surface area contributed by atoms with Crippen LogP contribution in [-0.2, 0) is 0 Å². The van der Waals surface area contributed by atoms with Crippen LogP contribution in [0.2, 0.25) is 10.2 Å². The number of carbonyl (C=O) groups is 1. The van der Waals surface area contributed by atoms with Crippen LogP contribution in [0.1, 0.15) is 16.1 Å². The molecule has 0 unspecified atom stereocenters. The minimum absolute atomic E-state index is 0.123. The van der Waals surface area contributed by atoms with E-state index >= 15 is 0 Å². The summed E-state index contributed by atoms with van der Waals surface area (Å²) in [6.07, 6.45) is 1.11. The van der Waals surface area contributed by atoms with Gasteiger partial charge in [0.15, 0.2) is 16.7 Å². The second-order valence-electron chi connectivity index (χ2n) is 4.83. The van der Waals surface area contributed by atoms with Gasteiger partial charge in [-0.25, -0.2) is 13.8 Å². The van der Waals surface area contributed by atoms with Crippen molar-refractivity contribution in [2.75, 3.05) is 0 Å². The van der Waals surface area contributed by atoms with Gasteiger partial charge in [-0.05, 0) is 24.3 Å². The fourth-order valence-electron chi connectivity index (χ4n) is 2.00. The molecule has 0 fully saturated rings. The molecule has 0 saturated heterocycles. The van der Waals surface area contributed by atoms with Gasteiger partial charge in [-0.3, -0.25) is 4.79 Å². The molecule has 0 aliphatic carbocycles. The predicted octanol–water partition coefficient (Wildman–Crippen LogP) is 5.08. The Kier molecular flexibility index (Phi) is 4.92. The lowest BCUT2D eigenvalue weighted by atomic mass is 10.1. The van der Waals surface area contributed by atoms with Crippen LogP contribution in [0.15, 0.2) is 48.7 Å². The molecule has 3 aromatic rings. The van der Waals surface area contributed by atoms with E-state index in [1.54, 1.807) is 18.2 Å². The molecule has 1 heterocycles.